The molecule has 0 aliphatic carbocycles. The van der Waals surface area contributed by atoms with Crippen molar-refractivity contribution in [3.8, 4) is 0 Å². The molecule has 1 aromatic carbocycles. The molecular weight excluding hydrogens is 284 g/mol. The molecule has 0 bridgehead atoms. The van der Waals surface area contributed by atoms with Gasteiger partial charge in [-0.1, -0.05) is 6.08 Å². The van der Waals surface area contributed by atoms with Crippen LogP contribution in [0.3, 0.4) is 0 Å². The monoisotopic (exact) mass is 301 g/mol. The molecule has 0 radical (unpaired) electrons. The standard InChI is InChI=1S/C14H17F2NO2S/c1-2-6-17(7-8-18)14(19)5-9-20-11-3-4-12(15)13(16)10-11/h2-4,10,18H,1,5-9H2. The summed E-state index contributed by atoms with van der Waals surface area (Å²) in [5.41, 5.74) is 0. The van der Waals surface area contributed by atoms with Crippen LogP contribution in [-0.2, 0) is 4.79 Å². The number of thioether (sulfide) groups is 1. The van der Waals surface area contributed by atoms with Gasteiger partial charge in [-0.25, -0.2) is 8.78 Å². The van der Waals surface area contributed by atoms with Gasteiger partial charge in [0.2, 0.25) is 5.91 Å². The van der Waals surface area contributed by atoms with Gasteiger partial charge < -0.3 is 10.0 Å². The number of rotatable bonds is 8. The minimum atomic E-state index is -0.894. The zero-order valence-electron chi connectivity index (χ0n) is 11.0. The predicted octanol–water partition coefficient (Wildman–Crippen LogP) is 2.45. The lowest BCUT2D eigenvalue weighted by Crippen LogP contribution is -2.33. The first kappa shape index (κ1) is 16.7. The van der Waals surface area contributed by atoms with E-state index in [1.165, 1.54) is 22.7 Å². The lowest BCUT2D eigenvalue weighted by Gasteiger charge is -2.19. The molecule has 1 amide bonds. The van der Waals surface area contributed by atoms with Gasteiger partial charge in [-0.05, 0) is 18.2 Å². The van der Waals surface area contributed by atoms with Crippen LogP contribution in [0.25, 0.3) is 0 Å². The fourth-order valence-electron chi connectivity index (χ4n) is 1.58. The van der Waals surface area contributed by atoms with Gasteiger partial charge in [0.15, 0.2) is 11.6 Å². The van der Waals surface area contributed by atoms with Crippen molar-refractivity contribution in [2.45, 2.75) is 11.3 Å². The zero-order chi connectivity index (χ0) is 15.0. The van der Waals surface area contributed by atoms with Gasteiger partial charge in [-0.3, -0.25) is 4.79 Å². The Morgan fingerprint density at radius 2 is 2.15 bits per heavy atom. The van der Waals surface area contributed by atoms with Crippen LogP contribution in [0.15, 0.2) is 35.7 Å². The van der Waals surface area contributed by atoms with E-state index in [2.05, 4.69) is 6.58 Å². The number of halogens is 2. The minimum absolute atomic E-state index is 0.101. The maximum absolute atomic E-state index is 13.0. The van der Waals surface area contributed by atoms with E-state index in [4.69, 9.17) is 5.11 Å². The van der Waals surface area contributed by atoms with E-state index in [1.807, 2.05) is 0 Å². The summed E-state index contributed by atoms with van der Waals surface area (Å²) in [6.07, 6.45) is 1.85. The number of nitrogens with zero attached hydrogens (tertiary/aromatic N) is 1. The topological polar surface area (TPSA) is 40.5 Å². The summed E-state index contributed by atoms with van der Waals surface area (Å²) in [5.74, 6) is -1.42. The predicted molar refractivity (Wildman–Crippen MR) is 75.6 cm³/mol. The molecule has 0 saturated heterocycles. The van der Waals surface area contributed by atoms with Crippen LogP contribution >= 0.6 is 11.8 Å². The van der Waals surface area contributed by atoms with Gasteiger partial charge in [-0.2, -0.15) is 0 Å². The molecule has 0 heterocycles. The number of hydrogen-bond acceptors (Lipinski definition) is 3. The summed E-state index contributed by atoms with van der Waals surface area (Å²) in [6.45, 7) is 4.10. The smallest absolute Gasteiger partial charge is 0.223 e. The highest BCUT2D eigenvalue weighted by atomic mass is 32.2. The Bertz CT molecular complexity index is 468. The van der Waals surface area contributed by atoms with Crippen molar-refractivity contribution in [1.82, 2.24) is 4.90 Å². The minimum Gasteiger partial charge on any atom is -0.395 e. The van der Waals surface area contributed by atoms with Crippen LogP contribution in [0.1, 0.15) is 6.42 Å². The largest absolute Gasteiger partial charge is 0.395 e. The molecule has 1 aromatic rings. The lowest BCUT2D eigenvalue weighted by atomic mass is 10.3. The fourth-order valence-corrected chi connectivity index (χ4v) is 2.44. The Hall–Kier alpha value is -1.40. The molecule has 3 nitrogen and oxygen atoms in total. The van der Waals surface area contributed by atoms with Crippen molar-refractivity contribution in [1.29, 1.82) is 0 Å². The number of benzene rings is 1. The number of carbonyl (C=O) groups is 1. The molecule has 20 heavy (non-hydrogen) atoms. The van der Waals surface area contributed by atoms with Gasteiger partial charge in [0.1, 0.15) is 0 Å². The van der Waals surface area contributed by atoms with Gasteiger partial charge in [-0.15, -0.1) is 18.3 Å². The number of aliphatic hydroxyl groups is 1. The van der Waals surface area contributed by atoms with Crippen molar-refractivity contribution >= 4 is 17.7 Å². The molecule has 6 heteroatoms. The molecule has 110 valence electrons. The van der Waals surface area contributed by atoms with Crippen LogP contribution in [0, 0.1) is 11.6 Å². The van der Waals surface area contributed by atoms with Gasteiger partial charge >= 0.3 is 0 Å². The summed E-state index contributed by atoms with van der Waals surface area (Å²) < 4.78 is 25.7. The van der Waals surface area contributed by atoms with Crippen LogP contribution in [0.4, 0.5) is 8.78 Å². The van der Waals surface area contributed by atoms with Crippen LogP contribution < -0.4 is 0 Å². The third-order valence-electron chi connectivity index (χ3n) is 2.55. The Balaban J connectivity index is 2.43. The molecule has 0 aromatic heterocycles. The van der Waals surface area contributed by atoms with Crippen LogP contribution in [-0.4, -0.2) is 41.4 Å². The van der Waals surface area contributed by atoms with Crippen molar-refractivity contribution in [2.75, 3.05) is 25.4 Å². The van der Waals surface area contributed by atoms with E-state index in [0.29, 0.717) is 17.2 Å². The van der Waals surface area contributed by atoms with Crippen molar-refractivity contribution in [2.24, 2.45) is 0 Å². The third kappa shape index (κ3) is 5.30. The van der Waals surface area contributed by atoms with E-state index < -0.39 is 11.6 Å². The Morgan fingerprint density at radius 3 is 2.75 bits per heavy atom. The van der Waals surface area contributed by atoms with E-state index in [1.54, 1.807) is 6.08 Å². The third-order valence-corrected chi connectivity index (χ3v) is 3.54. The number of carbonyl (C=O) groups excluding carboxylic acids is 1. The maximum atomic E-state index is 13.0. The zero-order valence-corrected chi connectivity index (χ0v) is 11.8. The van der Waals surface area contributed by atoms with Crippen molar-refractivity contribution in [3.05, 3.63) is 42.5 Å². The van der Waals surface area contributed by atoms with E-state index in [9.17, 15) is 13.6 Å². The first-order valence-corrected chi connectivity index (χ1v) is 7.14. The summed E-state index contributed by atoms with van der Waals surface area (Å²) in [5, 5.41) is 8.86. The molecule has 0 aliphatic heterocycles. The quantitative estimate of drug-likeness (QED) is 0.592. The first-order valence-electron chi connectivity index (χ1n) is 6.16. The fraction of sp³-hybridized carbons (Fsp3) is 0.357. The van der Waals surface area contributed by atoms with Gasteiger partial charge in [0, 0.05) is 30.2 Å². The summed E-state index contributed by atoms with van der Waals surface area (Å²) in [7, 11) is 0. The lowest BCUT2D eigenvalue weighted by molar-refractivity contribution is -0.130. The average molecular weight is 301 g/mol. The number of amides is 1. The molecule has 0 unspecified atom stereocenters. The molecule has 0 atom stereocenters. The van der Waals surface area contributed by atoms with Crippen molar-refractivity contribution < 1.29 is 18.7 Å². The normalized spacial score (nSPS) is 10.3. The Labute approximate surface area is 121 Å². The second kappa shape index (κ2) is 8.71. The van der Waals surface area contributed by atoms with E-state index in [0.717, 1.165) is 12.1 Å². The molecule has 0 aliphatic rings. The van der Waals surface area contributed by atoms with Gasteiger partial charge in [0.05, 0.1) is 6.61 Å². The summed E-state index contributed by atoms with van der Waals surface area (Å²) in [6, 6.07) is 3.65. The molecule has 0 saturated carbocycles. The number of hydrogen-bond donors (Lipinski definition) is 1. The summed E-state index contributed by atoms with van der Waals surface area (Å²) >= 11 is 1.28. The molecule has 0 fully saturated rings. The highest BCUT2D eigenvalue weighted by molar-refractivity contribution is 7.99. The molecular formula is C14H17F2NO2S. The maximum Gasteiger partial charge on any atom is 0.223 e. The highest BCUT2D eigenvalue weighted by Gasteiger charge is 2.11. The second-order valence-electron chi connectivity index (χ2n) is 4.03. The Kier molecular flexibility index (Phi) is 7.25. The van der Waals surface area contributed by atoms with E-state index >= 15 is 0 Å². The SMILES string of the molecule is C=CCN(CCO)C(=O)CCSc1ccc(F)c(F)c1. The summed E-state index contributed by atoms with van der Waals surface area (Å²) in [4.78, 5) is 13.9. The van der Waals surface area contributed by atoms with Crippen LogP contribution in [0.5, 0.6) is 0 Å². The number of aliphatic hydroxyl groups excluding tert-OH is 1. The van der Waals surface area contributed by atoms with Crippen molar-refractivity contribution in [3.63, 3.8) is 0 Å². The second-order valence-corrected chi connectivity index (χ2v) is 5.19. The molecule has 0 spiro atoms. The van der Waals surface area contributed by atoms with Crippen LogP contribution in [0.2, 0.25) is 0 Å². The average Bonchev–Trinajstić information content (AvgIpc) is 2.42. The molecule has 1 rings (SSSR count). The van der Waals surface area contributed by atoms with E-state index in [-0.39, 0.29) is 25.5 Å². The van der Waals surface area contributed by atoms with Gasteiger partial charge in [0.25, 0.3) is 0 Å². The highest BCUT2D eigenvalue weighted by Crippen LogP contribution is 2.21. The first-order chi connectivity index (χ1) is 9.58. The Morgan fingerprint density at radius 1 is 1.40 bits per heavy atom. The molecule has 1 N–H and O–H groups in total.